The topological polar surface area (TPSA) is 58.4 Å². The van der Waals surface area contributed by atoms with Crippen molar-refractivity contribution in [2.45, 2.75) is 64.0 Å². The standard InChI is InChI=1S/C24H31BrN6/c1-17-4-2-6-20(12-17)30-10-7-19(8-11-30)22-13-23(27-15-18-5-3-9-26-14-18)31-24(29-22)21(25)16-28-31/h3,5,9,13-14,16-17,19-20,27H,2,4,6-8,10-12,15H2,1H3. The minimum absolute atomic E-state index is 0.503. The largest absolute Gasteiger partial charge is 0.366 e. The number of hydrogen-bond donors (Lipinski definition) is 1. The fraction of sp³-hybridized carbons (Fsp3) is 0.542. The van der Waals surface area contributed by atoms with Crippen LogP contribution in [0.1, 0.15) is 62.6 Å². The average Bonchev–Trinajstić information content (AvgIpc) is 3.19. The van der Waals surface area contributed by atoms with E-state index in [0.717, 1.165) is 33.5 Å². The fourth-order valence-electron chi connectivity index (χ4n) is 5.28. The number of aromatic nitrogens is 4. The van der Waals surface area contributed by atoms with E-state index in [-0.39, 0.29) is 0 Å². The van der Waals surface area contributed by atoms with Gasteiger partial charge in [0, 0.05) is 42.7 Å². The Morgan fingerprint density at radius 3 is 2.81 bits per heavy atom. The molecule has 2 fully saturated rings. The highest BCUT2D eigenvalue weighted by atomic mass is 79.9. The van der Waals surface area contributed by atoms with Crippen molar-refractivity contribution in [2.24, 2.45) is 5.92 Å². The van der Waals surface area contributed by atoms with Gasteiger partial charge in [-0.1, -0.05) is 25.8 Å². The number of hydrogen-bond acceptors (Lipinski definition) is 5. The van der Waals surface area contributed by atoms with Gasteiger partial charge in [-0.25, -0.2) is 4.98 Å². The lowest BCUT2D eigenvalue weighted by Crippen LogP contribution is -2.43. The molecule has 3 aromatic rings. The van der Waals surface area contributed by atoms with Gasteiger partial charge in [-0.3, -0.25) is 4.98 Å². The summed E-state index contributed by atoms with van der Waals surface area (Å²) in [5.41, 5.74) is 3.21. The molecular formula is C24H31BrN6. The first-order chi connectivity index (χ1) is 15.2. The molecule has 0 bridgehead atoms. The first-order valence-electron chi connectivity index (χ1n) is 11.6. The average molecular weight is 483 g/mol. The van der Waals surface area contributed by atoms with Crippen LogP contribution in [0.5, 0.6) is 0 Å². The Morgan fingerprint density at radius 1 is 1.16 bits per heavy atom. The Bertz CT molecular complexity index is 1010. The zero-order valence-corrected chi connectivity index (χ0v) is 19.8. The van der Waals surface area contributed by atoms with Gasteiger partial charge in [0.1, 0.15) is 5.82 Å². The normalized spacial score (nSPS) is 23.3. The molecule has 0 aromatic carbocycles. The molecule has 0 amide bonds. The summed E-state index contributed by atoms with van der Waals surface area (Å²) in [6, 6.07) is 7.04. The number of pyridine rings is 1. The van der Waals surface area contributed by atoms with Gasteiger partial charge in [-0.2, -0.15) is 9.61 Å². The molecule has 4 heterocycles. The number of halogens is 1. The maximum absolute atomic E-state index is 5.01. The van der Waals surface area contributed by atoms with E-state index < -0.39 is 0 Å². The Morgan fingerprint density at radius 2 is 2.03 bits per heavy atom. The van der Waals surface area contributed by atoms with Crippen molar-refractivity contribution in [2.75, 3.05) is 18.4 Å². The van der Waals surface area contributed by atoms with Gasteiger partial charge < -0.3 is 10.2 Å². The molecule has 164 valence electrons. The van der Waals surface area contributed by atoms with Gasteiger partial charge in [-0.05, 0) is 72.3 Å². The van der Waals surface area contributed by atoms with Crippen LogP contribution in [0.4, 0.5) is 5.82 Å². The van der Waals surface area contributed by atoms with Crippen LogP contribution < -0.4 is 5.32 Å². The molecule has 2 aliphatic rings. The number of piperidine rings is 1. The van der Waals surface area contributed by atoms with Crippen LogP contribution in [0, 0.1) is 5.92 Å². The molecular weight excluding hydrogens is 452 g/mol. The summed E-state index contributed by atoms with van der Waals surface area (Å²) in [7, 11) is 0. The summed E-state index contributed by atoms with van der Waals surface area (Å²) in [5.74, 6) is 2.37. The summed E-state index contributed by atoms with van der Waals surface area (Å²) in [5, 5.41) is 8.07. The van der Waals surface area contributed by atoms with E-state index in [2.05, 4.69) is 55.3 Å². The third-order valence-corrected chi connectivity index (χ3v) is 7.58. The van der Waals surface area contributed by atoms with E-state index in [0.29, 0.717) is 12.5 Å². The second-order valence-corrected chi connectivity index (χ2v) is 10.1. The van der Waals surface area contributed by atoms with E-state index in [4.69, 9.17) is 4.98 Å². The lowest BCUT2D eigenvalue weighted by Gasteiger charge is -2.40. The smallest absolute Gasteiger partial charge is 0.171 e. The monoisotopic (exact) mass is 482 g/mol. The van der Waals surface area contributed by atoms with Crippen LogP contribution >= 0.6 is 15.9 Å². The molecule has 6 nitrogen and oxygen atoms in total. The van der Waals surface area contributed by atoms with Crippen molar-refractivity contribution in [3.63, 3.8) is 0 Å². The van der Waals surface area contributed by atoms with Crippen LogP contribution in [0.25, 0.3) is 5.65 Å². The van der Waals surface area contributed by atoms with Crippen LogP contribution in [-0.2, 0) is 6.54 Å². The Hall–Kier alpha value is -1.99. The van der Waals surface area contributed by atoms with Crippen LogP contribution in [0.3, 0.4) is 0 Å². The molecule has 1 saturated carbocycles. The first-order valence-corrected chi connectivity index (χ1v) is 12.4. The first kappa shape index (κ1) is 20.9. The second-order valence-electron chi connectivity index (χ2n) is 9.24. The minimum Gasteiger partial charge on any atom is -0.366 e. The molecule has 1 aliphatic carbocycles. The highest BCUT2D eigenvalue weighted by Crippen LogP contribution is 2.34. The van der Waals surface area contributed by atoms with Crippen molar-refractivity contribution >= 4 is 27.4 Å². The maximum Gasteiger partial charge on any atom is 0.171 e. The number of likely N-dealkylation sites (tertiary alicyclic amines) is 1. The molecule has 31 heavy (non-hydrogen) atoms. The van der Waals surface area contributed by atoms with Gasteiger partial charge in [0.05, 0.1) is 10.7 Å². The van der Waals surface area contributed by atoms with Crippen molar-refractivity contribution < 1.29 is 0 Å². The van der Waals surface area contributed by atoms with Gasteiger partial charge >= 0.3 is 0 Å². The summed E-state index contributed by atoms with van der Waals surface area (Å²) in [4.78, 5) is 12.0. The molecule has 2 unspecified atom stereocenters. The van der Waals surface area contributed by atoms with Crippen molar-refractivity contribution in [1.82, 2.24) is 24.5 Å². The molecule has 0 spiro atoms. The lowest BCUT2D eigenvalue weighted by molar-refractivity contribution is 0.105. The predicted octanol–water partition coefficient (Wildman–Crippen LogP) is 5.26. The van der Waals surface area contributed by atoms with Gasteiger partial charge in [0.15, 0.2) is 5.65 Å². The third-order valence-electron chi connectivity index (χ3n) is 7.02. The number of rotatable bonds is 5. The summed E-state index contributed by atoms with van der Waals surface area (Å²) >= 11 is 3.63. The molecule has 1 N–H and O–H groups in total. The predicted molar refractivity (Wildman–Crippen MR) is 127 cm³/mol. The Balaban J connectivity index is 1.32. The quantitative estimate of drug-likeness (QED) is 0.537. The molecule has 1 saturated heterocycles. The zero-order valence-electron chi connectivity index (χ0n) is 18.2. The SMILES string of the molecule is CC1CCCC(N2CCC(c3cc(NCc4cccnc4)n4ncc(Br)c4n3)CC2)C1. The van der Waals surface area contributed by atoms with Gasteiger partial charge in [0.2, 0.25) is 0 Å². The minimum atomic E-state index is 0.503. The molecule has 0 radical (unpaired) electrons. The highest BCUT2D eigenvalue weighted by molar-refractivity contribution is 9.10. The summed E-state index contributed by atoms with van der Waals surface area (Å²) in [6.07, 6.45) is 13.4. The molecule has 1 aliphatic heterocycles. The number of nitrogens with one attached hydrogen (secondary N) is 1. The van der Waals surface area contributed by atoms with E-state index in [1.807, 2.05) is 23.0 Å². The van der Waals surface area contributed by atoms with Crippen molar-refractivity contribution in [1.29, 1.82) is 0 Å². The zero-order chi connectivity index (χ0) is 21.2. The summed E-state index contributed by atoms with van der Waals surface area (Å²) < 4.78 is 2.83. The van der Waals surface area contributed by atoms with E-state index in [9.17, 15) is 0 Å². The molecule has 2 atom stereocenters. The van der Waals surface area contributed by atoms with Gasteiger partial charge in [0.25, 0.3) is 0 Å². The van der Waals surface area contributed by atoms with Crippen LogP contribution in [0.15, 0.2) is 41.3 Å². The number of nitrogens with zero attached hydrogens (tertiary/aromatic N) is 5. The maximum atomic E-state index is 5.01. The van der Waals surface area contributed by atoms with Gasteiger partial charge in [-0.15, -0.1) is 0 Å². The molecule has 3 aromatic heterocycles. The number of anilines is 1. The van der Waals surface area contributed by atoms with E-state index in [1.54, 1.807) is 6.20 Å². The molecule has 7 heteroatoms. The highest BCUT2D eigenvalue weighted by Gasteiger charge is 2.29. The Labute approximate surface area is 192 Å². The van der Waals surface area contributed by atoms with Crippen LogP contribution in [-0.4, -0.2) is 43.6 Å². The van der Waals surface area contributed by atoms with E-state index >= 15 is 0 Å². The van der Waals surface area contributed by atoms with Crippen LogP contribution in [0.2, 0.25) is 0 Å². The second kappa shape index (κ2) is 9.25. The number of fused-ring (bicyclic) bond motifs is 1. The van der Waals surface area contributed by atoms with Crippen molar-refractivity contribution in [3.8, 4) is 0 Å². The lowest BCUT2D eigenvalue weighted by atomic mass is 9.84. The third kappa shape index (κ3) is 4.62. The van der Waals surface area contributed by atoms with Crippen molar-refractivity contribution in [3.05, 3.63) is 52.5 Å². The summed E-state index contributed by atoms with van der Waals surface area (Å²) in [6.45, 7) is 5.51. The Kier molecular flexibility index (Phi) is 6.23. The molecule has 5 rings (SSSR count). The fourth-order valence-corrected chi connectivity index (χ4v) is 5.63. The van der Waals surface area contributed by atoms with E-state index in [1.165, 1.54) is 57.3 Å².